The number of carboxylic acids is 1. The third-order valence-electron chi connectivity index (χ3n) is 2.96. The van der Waals surface area contributed by atoms with Crippen LogP contribution in [0.5, 0.6) is 0 Å². The van der Waals surface area contributed by atoms with E-state index in [1.54, 1.807) is 6.07 Å². The smallest absolute Gasteiger partial charge is 0.335 e. The van der Waals surface area contributed by atoms with Gasteiger partial charge in [-0.15, -0.1) is 0 Å². The maximum absolute atomic E-state index is 11.6. The predicted octanol–water partition coefficient (Wildman–Crippen LogP) is 2.63. The van der Waals surface area contributed by atoms with Gasteiger partial charge in [0.1, 0.15) is 0 Å². The number of hydrogen-bond donors (Lipinski definition) is 2. The number of carboxylic acid groups (broad SMARTS) is 1. The van der Waals surface area contributed by atoms with Crippen molar-refractivity contribution >= 4 is 27.4 Å². The van der Waals surface area contributed by atoms with Gasteiger partial charge in [0.2, 0.25) is 10.0 Å². The zero-order chi connectivity index (χ0) is 16.9. The standard InChI is InChI=1S/C15H24N2O4S/c1-5-8-17(10-11(2)3)14-7-6-12(15(18)19)9-13(14)16-22(4,20)21/h6-7,9,11,16H,5,8,10H2,1-4H3,(H,18,19). The molecule has 0 aliphatic carbocycles. The summed E-state index contributed by atoms with van der Waals surface area (Å²) in [6, 6.07) is 4.52. The van der Waals surface area contributed by atoms with E-state index in [0.29, 0.717) is 17.3 Å². The van der Waals surface area contributed by atoms with Crippen LogP contribution in [0.3, 0.4) is 0 Å². The van der Waals surface area contributed by atoms with Crippen LogP contribution in [0.15, 0.2) is 18.2 Å². The van der Waals surface area contributed by atoms with Crippen LogP contribution in [-0.4, -0.2) is 38.8 Å². The van der Waals surface area contributed by atoms with Gasteiger partial charge in [-0.1, -0.05) is 20.8 Å². The van der Waals surface area contributed by atoms with E-state index in [1.807, 2.05) is 6.92 Å². The molecule has 0 heterocycles. The summed E-state index contributed by atoms with van der Waals surface area (Å²) in [6.07, 6.45) is 1.96. The zero-order valence-electron chi connectivity index (χ0n) is 13.5. The molecule has 0 saturated carbocycles. The van der Waals surface area contributed by atoms with Crippen LogP contribution in [0.25, 0.3) is 0 Å². The van der Waals surface area contributed by atoms with Crippen LogP contribution in [0.2, 0.25) is 0 Å². The maximum atomic E-state index is 11.6. The molecule has 1 aromatic carbocycles. The van der Waals surface area contributed by atoms with E-state index in [4.69, 9.17) is 5.11 Å². The van der Waals surface area contributed by atoms with Crippen molar-refractivity contribution in [2.75, 3.05) is 29.0 Å². The summed E-state index contributed by atoms with van der Waals surface area (Å²) >= 11 is 0. The molecule has 22 heavy (non-hydrogen) atoms. The molecule has 0 radical (unpaired) electrons. The number of carbonyl (C=O) groups is 1. The van der Waals surface area contributed by atoms with E-state index in [2.05, 4.69) is 23.5 Å². The van der Waals surface area contributed by atoms with Gasteiger partial charge < -0.3 is 10.0 Å². The van der Waals surface area contributed by atoms with Gasteiger partial charge in [0.05, 0.1) is 23.2 Å². The van der Waals surface area contributed by atoms with Crippen molar-refractivity contribution in [1.29, 1.82) is 0 Å². The first kappa shape index (κ1) is 18.3. The first-order valence-electron chi connectivity index (χ1n) is 7.24. The van der Waals surface area contributed by atoms with Crippen molar-refractivity contribution in [3.8, 4) is 0 Å². The summed E-state index contributed by atoms with van der Waals surface area (Å²) in [5, 5.41) is 9.10. The second kappa shape index (κ2) is 7.49. The SMILES string of the molecule is CCCN(CC(C)C)c1ccc(C(=O)O)cc1NS(C)(=O)=O. The highest BCUT2D eigenvalue weighted by Crippen LogP contribution is 2.29. The van der Waals surface area contributed by atoms with Gasteiger partial charge in [0.25, 0.3) is 0 Å². The highest BCUT2D eigenvalue weighted by Gasteiger charge is 2.17. The van der Waals surface area contributed by atoms with Crippen LogP contribution < -0.4 is 9.62 Å². The average Bonchev–Trinajstić information content (AvgIpc) is 2.35. The Morgan fingerprint density at radius 3 is 2.45 bits per heavy atom. The van der Waals surface area contributed by atoms with Crippen LogP contribution in [0.4, 0.5) is 11.4 Å². The number of rotatable bonds is 8. The van der Waals surface area contributed by atoms with Gasteiger partial charge in [-0.2, -0.15) is 0 Å². The molecule has 0 bridgehead atoms. The lowest BCUT2D eigenvalue weighted by Gasteiger charge is -2.28. The fourth-order valence-corrected chi connectivity index (χ4v) is 2.81. The molecule has 124 valence electrons. The van der Waals surface area contributed by atoms with Crippen LogP contribution >= 0.6 is 0 Å². The minimum atomic E-state index is -3.49. The Hall–Kier alpha value is -1.76. The lowest BCUT2D eigenvalue weighted by Crippen LogP contribution is -2.29. The van der Waals surface area contributed by atoms with Gasteiger partial charge in [-0.25, -0.2) is 13.2 Å². The lowest BCUT2D eigenvalue weighted by molar-refractivity contribution is 0.0697. The van der Waals surface area contributed by atoms with E-state index in [0.717, 1.165) is 25.8 Å². The Kier molecular flexibility index (Phi) is 6.22. The number of sulfonamides is 1. The minimum Gasteiger partial charge on any atom is -0.478 e. The molecular weight excluding hydrogens is 304 g/mol. The quantitative estimate of drug-likeness (QED) is 0.766. The molecule has 1 aromatic rings. The van der Waals surface area contributed by atoms with Gasteiger partial charge >= 0.3 is 5.97 Å². The topological polar surface area (TPSA) is 86.7 Å². The first-order chi connectivity index (χ1) is 10.1. The number of nitrogens with zero attached hydrogens (tertiary/aromatic N) is 1. The summed E-state index contributed by atoms with van der Waals surface area (Å²) in [7, 11) is -3.49. The first-order valence-corrected chi connectivity index (χ1v) is 9.13. The number of nitrogens with one attached hydrogen (secondary N) is 1. The Morgan fingerprint density at radius 1 is 1.36 bits per heavy atom. The number of hydrogen-bond acceptors (Lipinski definition) is 4. The summed E-state index contributed by atoms with van der Waals surface area (Å²) in [6.45, 7) is 7.74. The normalized spacial score (nSPS) is 11.5. The maximum Gasteiger partial charge on any atom is 0.335 e. The highest BCUT2D eigenvalue weighted by atomic mass is 32.2. The zero-order valence-corrected chi connectivity index (χ0v) is 14.3. The summed E-state index contributed by atoms with van der Waals surface area (Å²) in [4.78, 5) is 13.2. The van der Waals surface area contributed by atoms with Crippen molar-refractivity contribution in [1.82, 2.24) is 0 Å². The third kappa shape index (κ3) is 5.55. The fraction of sp³-hybridized carbons (Fsp3) is 0.533. The number of benzene rings is 1. The van der Waals surface area contributed by atoms with Crippen molar-refractivity contribution in [2.24, 2.45) is 5.92 Å². The molecule has 1 rings (SSSR count). The molecule has 0 atom stereocenters. The predicted molar refractivity (Wildman–Crippen MR) is 89.2 cm³/mol. The third-order valence-corrected chi connectivity index (χ3v) is 3.55. The Labute approximate surface area is 132 Å². The van der Waals surface area contributed by atoms with Crippen molar-refractivity contribution in [3.63, 3.8) is 0 Å². The van der Waals surface area contributed by atoms with E-state index in [-0.39, 0.29) is 5.56 Å². The van der Waals surface area contributed by atoms with Crippen LogP contribution in [0, 0.1) is 5.92 Å². The Morgan fingerprint density at radius 2 is 2.00 bits per heavy atom. The fourth-order valence-electron chi connectivity index (χ4n) is 2.25. The van der Waals surface area contributed by atoms with Crippen molar-refractivity contribution in [2.45, 2.75) is 27.2 Å². The van der Waals surface area contributed by atoms with E-state index in [1.165, 1.54) is 12.1 Å². The molecule has 0 spiro atoms. The highest BCUT2D eigenvalue weighted by molar-refractivity contribution is 7.92. The van der Waals surface area contributed by atoms with Crippen molar-refractivity contribution < 1.29 is 18.3 Å². The molecular formula is C15H24N2O4S. The van der Waals surface area contributed by atoms with Crippen molar-refractivity contribution in [3.05, 3.63) is 23.8 Å². The molecule has 0 unspecified atom stereocenters. The van der Waals surface area contributed by atoms with E-state index >= 15 is 0 Å². The molecule has 0 amide bonds. The Balaban J connectivity index is 3.33. The van der Waals surface area contributed by atoms with E-state index < -0.39 is 16.0 Å². The van der Waals surface area contributed by atoms with Gasteiger partial charge in [-0.05, 0) is 30.5 Å². The average molecular weight is 328 g/mol. The Bertz CT molecular complexity index is 626. The van der Waals surface area contributed by atoms with Crippen LogP contribution in [0.1, 0.15) is 37.6 Å². The van der Waals surface area contributed by atoms with Crippen LogP contribution in [-0.2, 0) is 10.0 Å². The molecule has 0 saturated heterocycles. The number of aromatic carboxylic acids is 1. The lowest BCUT2D eigenvalue weighted by atomic mass is 10.1. The molecule has 0 fully saturated rings. The molecule has 2 N–H and O–H groups in total. The largest absolute Gasteiger partial charge is 0.478 e. The molecule has 7 heteroatoms. The second-order valence-electron chi connectivity index (χ2n) is 5.75. The van der Waals surface area contributed by atoms with Gasteiger partial charge in [0.15, 0.2) is 0 Å². The summed E-state index contributed by atoms with van der Waals surface area (Å²) < 4.78 is 25.5. The minimum absolute atomic E-state index is 0.0518. The summed E-state index contributed by atoms with van der Waals surface area (Å²) in [5.74, 6) is -0.689. The monoisotopic (exact) mass is 328 g/mol. The molecule has 0 aliphatic heterocycles. The summed E-state index contributed by atoms with van der Waals surface area (Å²) in [5.41, 5.74) is 1.05. The van der Waals surface area contributed by atoms with E-state index in [9.17, 15) is 13.2 Å². The second-order valence-corrected chi connectivity index (χ2v) is 7.50. The van der Waals surface area contributed by atoms with Gasteiger partial charge in [0, 0.05) is 13.1 Å². The molecule has 6 nitrogen and oxygen atoms in total. The number of anilines is 2. The van der Waals surface area contributed by atoms with Gasteiger partial charge in [-0.3, -0.25) is 4.72 Å². The molecule has 0 aliphatic rings. The molecule has 0 aromatic heterocycles.